The van der Waals surface area contributed by atoms with E-state index in [4.69, 9.17) is 4.74 Å². The van der Waals surface area contributed by atoms with Crippen molar-refractivity contribution in [1.82, 2.24) is 10.3 Å². The molecule has 3 amide bonds. The van der Waals surface area contributed by atoms with Gasteiger partial charge in [0, 0.05) is 25.2 Å². The highest BCUT2D eigenvalue weighted by Crippen LogP contribution is 2.18. The van der Waals surface area contributed by atoms with Crippen molar-refractivity contribution in [2.45, 2.75) is 0 Å². The highest BCUT2D eigenvalue weighted by Gasteiger charge is 2.22. The van der Waals surface area contributed by atoms with Crippen LogP contribution in [0.5, 0.6) is 0 Å². The van der Waals surface area contributed by atoms with Gasteiger partial charge in [-0.05, 0) is 29.8 Å². The third-order valence-corrected chi connectivity index (χ3v) is 4.39. The fourth-order valence-electron chi connectivity index (χ4n) is 2.79. The predicted molar refractivity (Wildman–Crippen MR) is 111 cm³/mol. The third-order valence-electron chi connectivity index (χ3n) is 4.39. The summed E-state index contributed by atoms with van der Waals surface area (Å²) >= 11 is 0. The second-order valence-corrected chi connectivity index (χ2v) is 6.45. The number of carbonyl (C=O) groups is 3. The largest absolute Gasteiger partial charge is 0.378 e. The van der Waals surface area contributed by atoms with Crippen molar-refractivity contribution in [1.29, 1.82) is 0 Å². The number of hydrogen-bond acceptors (Lipinski definition) is 7. The van der Waals surface area contributed by atoms with Gasteiger partial charge in [-0.3, -0.25) is 24.5 Å². The second kappa shape index (κ2) is 10.1. The Labute approximate surface area is 176 Å². The van der Waals surface area contributed by atoms with Gasteiger partial charge in [-0.25, -0.2) is 5.43 Å². The van der Waals surface area contributed by atoms with Crippen LogP contribution in [-0.4, -0.2) is 60.1 Å². The molecule has 0 aromatic heterocycles. The smallest absolute Gasteiger partial charge is 0.329 e. The van der Waals surface area contributed by atoms with Gasteiger partial charge in [-0.1, -0.05) is 12.1 Å². The maximum absolute atomic E-state index is 12.7. The molecule has 2 aromatic carbocycles. The van der Waals surface area contributed by atoms with E-state index in [1.807, 2.05) is 0 Å². The molecule has 0 unspecified atom stereocenters. The van der Waals surface area contributed by atoms with Gasteiger partial charge in [-0.15, -0.1) is 0 Å². The lowest BCUT2D eigenvalue weighted by Crippen LogP contribution is -2.41. The van der Waals surface area contributed by atoms with E-state index in [9.17, 15) is 24.5 Å². The van der Waals surface area contributed by atoms with Crippen molar-refractivity contribution in [2.75, 3.05) is 31.6 Å². The molecule has 0 saturated carbocycles. The van der Waals surface area contributed by atoms with Gasteiger partial charge in [0.25, 0.3) is 11.6 Å². The molecule has 1 saturated heterocycles. The Bertz CT molecular complexity index is 1010. The zero-order valence-corrected chi connectivity index (χ0v) is 16.3. The number of non-ortho nitro benzene ring substituents is 1. The van der Waals surface area contributed by atoms with Crippen LogP contribution in [0.4, 0.5) is 11.4 Å². The number of rotatable bonds is 5. The topological polar surface area (TPSA) is 143 Å². The first-order valence-corrected chi connectivity index (χ1v) is 9.30. The Morgan fingerprint density at radius 2 is 1.71 bits per heavy atom. The average Bonchev–Trinajstić information content (AvgIpc) is 2.79. The average molecular weight is 425 g/mol. The van der Waals surface area contributed by atoms with E-state index in [0.717, 1.165) is 0 Å². The van der Waals surface area contributed by atoms with Crippen LogP contribution in [0.3, 0.4) is 0 Å². The molecule has 11 nitrogen and oxygen atoms in total. The van der Waals surface area contributed by atoms with Crippen LogP contribution in [-0.2, 0) is 14.3 Å². The number of nitro groups is 1. The molecule has 1 aliphatic rings. The highest BCUT2D eigenvalue weighted by molar-refractivity contribution is 6.40. The van der Waals surface area contributed by atoms with E-state index in [2.05, 4.69) is 15.8 Å². The molecule has 0 bridgehead atoms. The van der Waals surface area contributed by atoms with E-state index >= 15 is 0 Å². The lowest BCUT2D eigenvalue weighted by atomic mass is 10.1. The quantitative estimate of drug-likeness (QED) is 0.318. The van der Waals surface area contributed by atoms with Crippen molar-refractivity contribution in [3.8, 4) is 0 Å². The third kappa shape index (κ3) is 5.70. The van der Waals surface area contributed by atoms with Gasteiger partial charge in [-0.2, -0.15) is 5.10 Å². The first-order valence-electron chi connectivity index (χ1n) is 9.30. The molecule has 2 aromatic rings. The van der Waals surface area contributed by atoms with Crippen LogP contribution in [0.2, 0.25) is 0 Å². The number of para-hydroxylation sites is 1. The molecule has 0 aliphatic carbocycles. The predicted octanol–water partition coefficient (Wildman–Crippen LogP) is 1.16. The number of carbonyl (C=O) groups excluding carboxylic acids is 3. The molecule has 0 atom stereocenters. The minimum atomic E-state index is -1.04. The number of hydrazone groups is 1. The molecule has 31 heavy (non-hydrogen) atoms. The van der Waals surface area contributed by atoms with E-state index < -0.39 is 16.7 Å². The van der Waals surface area contributed by atoms with Crippen molar-refractivity contribution in [3.63, 3.8) is 0 Å². The standard InChI is InChI=1S/C20H19N5O6/c26-18(19(27)23-21-13-14-5-7-15(8-6-14)25(29)30)22-17-4-2-1-3-16(17)20(28)24-9-11-31-12-10-24/h1-8,13H,9-12H2,(H,22,26)(H,23,27)/b21-13+. The Morgan fingerprint density at radius 3 is 2.39 bits per heavy atom. The summed E-state index contributed by atoms with van der Waals surface area (Å²) in [5, 5.41) is 16.7. The zero-order valence-electron chi connectivity index (χ0n) is 16.3. The molecule has 11 heteroatoms. The normalized spacial score (nSPS) is 13.6. The highest BCUT2D eigenvalue weighted by atomic mass is 16.6. The fourth-order valence-corrected chi connectivity index (χ4v) is 2.79. The number of benzene rings is 2. The number of morpholine rings is 1. The van der Waals surface area contributed by atoms with E-state index in [1.54, 1.807) is 23.1 Å². The molecule has 1 fully saturated rings. The molecule has 0 radical (unpaired) electrons. The number of nitrogens with one attached hydrogen (secondary N) is 2. The number of nitro benzene ring substituents is 1. The van der Waals surface area contributed by atoms with Crippen LogP contribution < -0.4 is 10.7 Å². The van der Waals surface area contributed by atoms with Gasteiger partial charge < -0.3 is 15.0 Å². The summed E-state index contributed by atoms with van der Waals surface area (Å²) in [5.41, 5.74) is 2.96. The maximum Gasteiger partial charge on any atom is 0.329 e. The van der Waals surface area contributed by atoms with Crippen molar-refractivity contribution >= 4 is 35.3 Å². The molecule has 3 rings (SSSR count). The summed E-state index contributed by atoms with van der Waals surface area (Å²) in [7, 11) is 0. The summed E-state index contributed by atoms with van der Waals surface area (Å²) < 4.78 is 5.24. The second-order valence-electron chi connectivity index (χ2n) is 6.45. The molecular weight excluding hydrogens is 406 g/mol. The minimum Gasteiger partial charge on any atom is -0.378 e. The van der Waals surface area contributed by atoms with Gasteiger partial charge in [0.05, 0.1) is 35.6 Å². The molecular formula is C20H19N5O6. The molecule has 160 valence electrons. The van der Waals surface area contributed by atoms with Crippen LogP contribution in [0, 0.1) is 10.1 Å². The minimum absolute atomic E-state index is 0.0779. The lowest BCUT2D eigenvalue weighted by molar-refractivity contribution is -0.384. The Kier molecular flexibility index (Phi) is 7.01. The van der Waals surface area contributed by atoms with E-state index in [-0.39, 0.29) is 22.8 Å². The SMILES string of the molecule is O=C(N/N=C/c1ccc([N+](=O)[O-])cc1)C(=O)Nc1ccccc1C(=O)N1CCOCC1. The molecule has 0 spiro atoms. The molecule has 1 heterocycles. The van der Waals surface area contributed by atoms with Crippen LogP contribution in [0.1, 0.15) is 15.9 Å². The van der Waals surface area contributed by atoms with Crippen LogP contribution >= 0.6 is 0 Å². The molecule has 1 aliphatic heterocycles. The Balaban J connectivity index is 1.60. The van der Waals surface area contributed by atoms with Gasteiger partial charge in [0.1, 0.15) is 0 Å². The van der Waals surface area contributed by atoms with Crippen LogP contribution in [0.15, 0.2) is 53.6 Å². The summed E-state index contributed by atoms with van der Waals surface area (Å²) in [6.07, 6.45) is 1.24. The fraction of sp³-hybridized carbons (Fsp3) is 0.200. The maximum atomic E-state index is 12.7. The number of ether oxygens (including phenoxy) is 1. The van der Waals surface area contributed by atoms with Gasteiger partial charge in [0.15, 0.2) is 0 Å². The summed E-state index contributed by atoms with van der Waals surface area (Å²) in [6.45, 7) is 1.77. The summed E-state index contributed by atoms with van der Waals surface area (Å²) in [4.78, 5) is 48.7. The number of anilines is 1. The number of amides is 3. The van der Waals surface area contributed by atoms with Gasteiger partial charge >= 0.3 is 11.8 Å². The lowest BCUT2D eigenvalue weighted by Gasteiger charge is -2.27. The number of nitrogens with zero attached hydrogens (tertiary/aromatic N) is 3. The first kappa shape index (κ1) is 21.6. The van der Waals surface area contributed by atoms with Crippen LogP contribution in [0.25, 0.3) is 0 Å². The summed E-state index contributed by atoms with van der Waals surface area (Å²) in [6, 6.07) is 11.9. The van der Waals surface area contributed by atoms with Gasteiger partial charge in [0.2, 0.25) is 0 Å². The van der Waals surface area contributed by atoms with E-state index in [0.29, 0.717) is 31.9 Å². The number of hydrogen-bond donors (Lipinski definition) is 2. The van der Waals surface area contributed by atoms with E-state index in [1.165, 1.54) is 36.5 Å². The molecule has 2 N–H and O–H groups in total. The summed E-state index contributed by atoms with van der Waals surface area (Å²) in [5.74, 6) is -2.30. The monoisotopic (exact) mass is 425 g/mol. The van der Waals surface area contributed by atoms with Crippen molar-refractivity contribution in [2.24, 2.45) is 5.10 Å². The van der Waals surface area contributed by atoms with Crippen molar-refractivity contribution in [3.05, 3.63) is 69.8 Å². The van der Waals surface area contributed by atoms with Crippen molar-refractivity contribution < 1.29 is 24.0 Å². The Morgan fingerprint density at radius 1 is 1.03 bits per heavy atom. The zero-order chi connectivity index (χ0) is 22.2. The first-order chi connectivity index (χ1) is 15.0. The Hall–Kier alpha value is -4.12.